The number of rotatable bonds is 4. The molecule has 0 saturated carbocycles. The van der Waals surface area contributed by atoms with Crippen LogP contribution in [0.1, 0.15) is 0 Å². The molecule has 7 aromatic carbocycles. The maximum Gasteiger partial charge on any atom is 0.238 e. The van der Waals surface area contributed by atoms with E-state index in [0.29, 0.717) is 17.6 Å². The molecule has 4 aromatic heterocycles. The molecule has 6 heteroatoms. The van der Waals surface area contributed by atoms with Crippen LogP contribution >= 0.6 is 0 Å². The summed E-state index contributed by atoms with van der Waals surface area (Å²) in [6, 6.07) is 56.7. The number of para-hydroxylation sites is 4. The van der Waals surface area contributed by atoms with Gasteiger partial charge in [0, 0.05) is 38.1 Å². The number of nitrogens with zero attached hydrogens (tertiary/aromatic N) is 5. The number of hydrogen-bond donors (Lipinski definition) is 0. The van der Waals surface area contributed by atoms with Crippen LogP contribution in [-0.4, -0.2) is 24.1 Å². The highest BCUT2D eigenvalue weighted by atomic mass is 16.3. The molecule has 4 heterocycles. The summed E-state index contributed by atoms with van der Waals surface area (Å²) in [4.78, 5) is 15.4. The molecule has 0 aliphatic carbocycles. The fourth-order valence-corrected chi connectivity index (χ4v) is 7.76. The van der Waals surface area contributed by atoms with Crippen molar-refractivity contribution in [2.24, 2.45) is 0 Å². The molecule has 0 bridgehead atoms. The van der Waals surface area contributed by atoms with E-state index in [9.17, 15) is 0 Å². The molecule has 0 amide bonds. The summed E-state index contributed by atoms with van der Waals surface area (Å²) < 4.78 is 11.0. The molecule has 11 rings (SSSR count). The molecule has 11 aromatic rings. The minimum atomic E-state index is 0.569. The van der Waals surface area contributed by atoms with Gasteiger partial charge in [0.05, 0.1) is 33.1 Å². The first-order valence-electron chi connectivity index (χ1n) is 17.0. The zero-order chi connectivity index (χ0) is 33.5. The second-order valence-electron chi connectivity index (χ2n) is 12.9. The van der Waals surface area contributed by atoms with E-state index < -0.39 is 0 Å². The first-order chi connectivity index (χ1) is 25.3. The quantitative estimate of drug-likeness (QED) is 0.190. The SMILES string of the molecule is c1ccc(-c2nc(-c3ccc4oc5cccc(-n6c7ccccc7c7ccccc76)c5c4c3)nc(-n3c4ccccc4c4ccccc43)n2)cc1. The lowest BCUT2D eigenvalue weighted by Gasteiger charge is -2.11. The van der Waals surface area contributed by atoms with Crippen molar-refractivity contribution in [3.63, 3.8) is 0 Å². The van der Waals surface area contributed by atoms with Crippen molar-refractivity contribution < 1.29 is 4.42 Å². The molecule has 0 N–H and O–H groups in total. The molecule has 0 aliphatic rings. The molecule has 0 unspecified atom stereocenters. The highest BCUT2D eigenvalue weighted by molar-refractivity contribution is 6.15. The van der Waals surface area contributed by atoms with Gasteiger partial charge in [-0.05, 0) is 54.6 Å². The predicted molar refractivity (Wildman–Crippen MR) is 207 cm³/mol. The highest BCUT2D eigenvalue weighted by Crippen LogP contribution is 2.40. The average Bonchev–Trinajstić information content (AvgIpc) is 3.86. The molecule has 0 saturated heterocycles. The fourth-order valence-electron chi connectivity index (χ4n) is 7.76. The molecular formula is C45H27N5O. The van der Waals surface area contributed by atoms with Gasteiger partial charge in [0.1, 0.15) is 11.2 Å². The molecule has 6 nitrogen and oxygen atoms in total. The van der Waals surface area contributed by atoms with E-state index in [1.807, 2.05) is 48.5 Å². The Hall–Kier alpha value is -7.05. The van der Waals surface area contributed by atoms with Crippen molar-refractivity contribution in [1.29, 1.82) is 0 Å². The third kappa shape index (κ3) is 4.14. The Morgan fingerprint density at radius 3 is 1.51 bits per heavy atom. The molecule has 51 heavy (non-hydrogen) atoms. The van der Waals surface area contributed by atoms with E-state index >= 15 is 0 Å². The molecule has 0 spiro atoms. The van der Waals surface area contributed by atoms with Crippen LogP contribution in [0.15, 0.2) is 168 Å². The monoisotopic (exact) mass is 653 g/mol. The van der Waals surface area contributed by atoms with Gasteiger partial charge in [-0.1, -0.05) is 109 Å². The third-order valence-corrected chi connectivity index (χ3v) is 9.99. The smallest absolute Gasteiger partial charge is 0.238 e. The maximum absolute atomic E-state index is 6.51. The van der Waals surface area contributed by atoms with Crippen LogP contribution in [0.3, 0.4) is 0 Å². The first kappa shape index (κ1) is 27.9. The topological polar surface area (TPSA) is 61.7 Å². The lowest BCUT2D eigenvalue weighted by Crippen LogP contribution is -2.06. The first-order valence-corrected chi connectivity index (χ1v) is 17.0. The van der Waals surface area contributed by atoms with Crippen molar-refractivity contribution in [1.82, 2.24) is 24.1 Å². The second-order valence-corrected chi connectivity index (χ2v) is 12.9. The maximum atomic E-state index is 6.51. The van der Waals surface area contributed by atoms with Crippen LogP contribution in [0.5, 0.6) is 0 Å². The van der Waals surface area contributed by atoms with Gasteiger partial charge in [-0.3, -0.25) is 4.57 Å². The second kappa shape index (κ2) is 10.7. The van der Waals surface area contributed by atoms with Gasteiger partial charge < -0.3 is 8.98 Å². The number of benzene rings is 7. The molecular weight excluding hydrogens is 627 g/mol. The summed E-state index contributed by atoms with van der Waals surface area (Å²) in [5.74, 6) is 1.77. The molecule has 0 radical (unpaired) electrons. The van der Waals surface area contributed by atoms with Crippen LogP contribution in [0.2, 0.25) is 0 Å². The van der Waals surface area contributed by atoms with E-state index in [0.717, 1.165) is 71.6 Å². The third-order valence-electron chi connectivity index (χ3n) is 9.99. The lowest BCUT2D eigenvalue weighted by molar-refractivity contribution is 0.669. The van der Waals surface area contributed by atoms with Gasteiger partial charge in [-0.2, -0.15) is 9.97 Å². The van der Waals surface area contributed by atoms with Gasteiger partial charge in [0.2, 0.25) is 5.95 Å². The van der Waals surface area contributed by atoms with E-state index in [-0.39, 0.29) is 0 Å². The van der Waals surface area contributed by atoms with Gasteiger partial charge in [0.25, 0.3) is 0 Å². The summed E-state index contributed by atoms with van der Waals surface area (Å²) in [5, 5.41) is 6.78. The largest absolute Gasteiger partial charge is 0.456 e. The summed E-state index contributed by atoms with van der Waals surface area (Å²) in [7, 11) is 0. The standard InChI is InChI=1S/C45H27N5O/c1-2-13-28(14-3-1)43-46-44(48-45(47-43)50-37-21-10-6-17-32(37)33-18-7-11-22-38(33)50)29-25-26-40-34(27-29)42-39(23-12-24-41(42)51-40)49-35-19-8-4-15-30(35)31-16-5-9-20-36(31)49/h1-27H. The van der Waals surface area contributed by atoms with Crippen molar-refractivity contribution in [3.8, 4) is 34.4 Å². The van der Waals surface area contributed by atoms with Gasteiger partial charge >= 0.3 is 0 Å². The zero-order valence-corrected chi connectivity index (χ0v) is 27.2. The van der Waals surface area contributed by atoms with Crippen LogP contribution in [0, 0.1) is 0 Å². The van der Waals surface area contributed by atoms with E-state index in [1.165, 1.54) is 10.8 Å². The Morgan fingerprint density at radius 2 is 0.902 bits per heavy atom. The van der Waals surface area contributed by atoms with Crippen LogP contribution in [0.4, 0.5) is 0 Å². The van der Waals surface area contributed by atoms with E-state index in [1.54, 1.807) is 0 Å². The number of furan rings is 1. The minimum absolute atomic E-state index is 0.569. The van der Waals surface area contributed by atoms with E-state index in [4.69, 9.17) is 19.4 Å². The Balaban J connectivity index is 1.18. The summed E-state index contributed by atoms with van der Waals surface area (Å²) >= 11 is 0. The summed E-state index contributed by atoms with van der Waals surface area (Å²) in [5.41, 5.74) is 8.89. The number of aromatic nitrogens is 5. The van der Waals surface area contributed by atoms with Crippen molar-refractivity contribution >= 4 is 65.6 Å². The Kier molecular flexibility index (Phi) is 5.86. The minimum Gasteiger partial charge on any atom is -0.456 e. The molecule has 0 fully saturated rings. The van der Waals surface area contributed by atoms with Crippen molar-refractivity contribution in [2.45, 2.75) is 0 Å². The Morgan fingerprint density at radius 1 is 0.373 bits per heavy atom. The van der Waals surface area contributed by atoms with Crippen LogP contribution < -0.4 is 0 Å². The molecule has 238 valence electrons. The highest BCUT2D eigenvalue weighted by Gasteiger charge is 2.20. The Bertz CT molecular complexity index is 3040. The normalized spacial score (nSPS) is 11.9. The van der Waals surface area contributed by atoms with Crippen molar-refractivity contribution in [3.05, 3.63) is 164 Å². The van der Waals surface area contributed by atoms with Gasteiger partial charge in [0.15, 0.2) is 11.6 Å². The van der Waals surface area contributed by atoms with E-state index in [2.05, 4.69) is 124 Å². The molecule has 0 aliphatic heterocycles. The fraction of sp³-hybridized carbons (Fsp3) is 0. The summed E-state index contributed by atoms with van der Waals surface area (Å²) in [6.07, 6.45) is 0. The zero-order valence-electron chi connectivity index (χ0n) is 27.2. The number of hydrogen-bond acceptors (Lipinski definition) is 4. The van der Waals surface area contributed by atoms with Gasteiger partial charge in [-0.25, -0.2) is 4.98 Å². The predicted octanol–water partition coefficient (Wildman–Crippen LogP) is 11.3. The molecule has 0 atom stereocenters. The summed E-state index contributed by atoms with van der Waals surface area (Å²) in [6.45, 7) is 0. The Labute approximate surface area is 291 Å². The van der Waals surface area contributed by atoms with Crippen molar-refractivity contribution in [2.75, 3.05) is 0 Å². The van der Waals surface area contributed by atoms with Crippen LogP contribution in [0.25, 0.3) is 100.0 Å². The van der Waals surface area contributed by atoms with Crippen LogP contribution in [-0.2, 0) is 0 Å². The number of fused-ring (bicyclic) bond motifs is 9. The lowest BCUT2D eigenvalue weighted by atomic mass is 10.1. The average molecular weight is 654 g/mol. The van der Waals surface area contributed by atoms with Gasteiger partial charge in [-0.15, -0.1) is 0 Å².